The third-order valence-electron chi connectivity index (χ3n) is 2.52. The number of aromatic nitrogens is 1. The van der Waals surface area contributed by atoms with Crippen molar-refractivity contribution >= 4 is 12.0 Å². The first-order chi connectivity index (χ1) is 8.86. The molecule has 3 heteroatoms. The van der Waals surface area contributed by atoms with Gasteiger partial charge in [0.2, 0.25) is 0 Å². The highest BCUT2D eigenvalue weighted by Crippen LogP contribution is 2.02. The Bertz CT molecular complexity index is 521. The molecular formula is C15H14N2O. The summed E-state index contributed by atoms with van der Waals surface area (Å²) in [4.78, 5) is 19.9. The van der Waals surface area contributed by atoms with Crippen LogP contribution in [0.2, 0.25) is 0 Å². The van der Waals surface area contributed by atoms with E-state index < -0.39 is 0 Å². The van der Waals surface area contributed by atoms with E-state index >= 15 is 0 Å². The summed E-state index contributed by atoms with van der Waals surface area (Å²) in [7, 11) is 0. The first-order valence-electron chi connectivity index (χ1n) is 5.82. The van der Waals surface area contributed by atoms with Crippen molar-refractivity contribution in [2.45, 2.75) is 13.0 Å². The third-order valence-corrected chi connectivity index (χ3v) is 2.52. The average Bonchev–Trinajstić information content (AvgIpc) is 2.45. The number of aliphatic imine (C=N–C) groups is 1. The largest absolute Gasteiger partial charge is 0.294 e. The van der Waals surface area contributed by atoms with Crippen molar-refractivity contribution in [1.29, 1.82) is 0 Å². The second-order valence-electron chi connectivity index (χ2n) is 3.87. The van der Waals surface area contributed by atoms with Crippen molar-refractivity contribution in [2.24, 2.45) is 4.99 Å². The molecule has 0 bridgehead atoms. The summed E-state index contributed by atoms with van der Waals surface area (Å²) >= 11 is 0. The topological polar surface area (TPSA) is 42.3 Å². The van der Waals surface area contributed by atoms with Gasteiger partial charge in [-0.2, -0.15) is 0 Å². The van der Waals surface area contributed by atoms with Gasteiger partial charge in [-0.25, -0.2) is 0 Å². The molecule has 3 nitrogen and oxygen atoms in total. The fourth-order valence-corrected chi connectivity index (χ4v) is 1.56. The summed E-state index contributed by atoms with van der Waals surface area (Å²) < 4.78 is 0. The lowest BCUT2D eigenvalue weighted by Crippen LogP contribution is -1.99. The summed E-state index contributed by atoms with van der Waals surface area (Å²) in [5, 5.41) is 0. The number of benzene rings is 1. The lowest BCUT2D eigenvalue weighted by Gasteiger charge is -1.96. The van der Waals surface area contributed by atoms with Gasteiger partial charge in [0.15, 0.2) is 5.78 Å². The molecular weight excluding hydrogens is 224 g/mol. The maximum atomic E-state index is 11.7. The van der Waals surface area contributed by atoms with Gasteiger partial charge in [0.1, 0.15) is 0 Å². The van der Waals surface area contributed by atoms with E-state index in [2.05, 4.69) is 9.98 Å². The van der Waals surface area contributed by atoms with Gasteiger partial charge in [0.25, 0.3) is 0 Å². The van der Waals surface area contributed by atoms with E-state index in [0.29, 0.717) is 18.5 Å². The molecule has 0 spiro atoms. The van der Waals surface area contributed by atoms with Crippen molar-refractivity contribution in [3.8, 4) is 0 Å². The molecule has 18 heavy (non-hydrogen) atoms. The zero-order valence-electron chi connectivity index (χ0n) is 9.99. The second kappa shape index (κ2) is 6.45. The molecule has 0 atom stereocenters. The number of ketones is 1. The first kappa shape index (κ1) is 12.2. The molecule has 1 aromatic heterocycles. The Morgan fingerprint density at radius 3 is 2.56 bits per heavy atom. The fraction of sp³-hybridized carbons (Fsp3) is 0.133. The summed E-state index contributed by atoms with van der Waals surface area (Å²) in [5.74, 6) is 0.0641. The van der Waals surface area contributed by atoms with Crippen LogP contribution in [0.25, 0.3) is 0 Å². The van der Waals surface area contributed by atoms with Crippen LogP contribution in [0.4, 0.5) is 0 Å². The predicted octanol–water partition coefficient (Wildman–Crippen LogP) is 2.93. The van der Waals surface area contributed by atoms with E-state index in [9.17, 15) is 4.79 Å². The predicted molar refractivity (Wildman–Crippen MR) is 71.8 cm³/mol. The third kappa shape index (κ3) is 3.63. The molecule has 90 valence electrons. The molecule has 2 rings (SSSR count). The van der Waals surface area contributed by atoms with Gasteiger partial charge in [-0.15, -0.1) is 0 Å². The standard InChI is InChI=1S/C15H14N2O/c18-15(14-6-9-16-10-7-14)8-11-17-12-13-4-2-1-3-5-13/h1-7,9-11H,8,12H2. The number of hydrogen-bond donors (Lipinski definition) is 0. The zero-order chi connectivity index (χ0) is 12.6. The Balaban J connectivity index is 1.83. The van der Waals surface area contributed by atoms with E-state index in [-0.39, 0.29) is 5.78 Å². The van der Waals surface area contributed by atoms with E-state index in [1.165, 1.54) is 0 Å². The first-order valence-corrected chi connectivity index (χ1v) is 5.82. The molecule has 0 N–H and O–H groups in total. The Kier molecular flexibility index (Phi) is 4.36. The van der Waals surface area contributed by atoms with Gasteiger partial charge >= 0.3 is 0 Å². The lowest BCUT2D eigenvalue weighted by atomic mass is 10.1. The van der Waals surface area contributed by atoms with Crippen molar-refractivity contribution in [1.82, 2.24) is 4.98 Å². The number of Topliss-reactive ketones (excluding diaryl/α,β-unsaturated/α-hetero) is 1. The average molecular weight is 238 g/mol. The van der Waals surface area contributed by atoms with Gasteiger partial charge in [-0.05, 0) is 17.7 Å². The van der Waals surface area contributed by atoms with Crippen molar-refractivity contribution in [3.05, 3.63) is 66.0 Å². The van der Waals surface area contributed by atoms with E-state index in [1.54, 1.807) is 30.7 Å². The van der Waals surface area contributed by atoms with Crippen molar-refractivity contribution < 1.29 is 4.79 Å². The highest BCUT2D eigenvalue weighted by Gasteiger charge is 2.01. The summed E-state index contributed by atoms with van der Waals surface area (Å²) in [6.07, 6.45) is 5.25. The van der Waals surface area contributed by atoms with Crippen LogP contribution in [0, 0.1) is 0 Å². The molecule has 0 saturated heterocycles. The number of pyridine rings is 1. The molecule has 0 radical (unpaired) electrons. The van der Waals surface area contributed by atoms with Crippen LogP contribution in [0.3, 0.4) is 0 Å². The minimum absolute atomic E-state index is 0.0641. The van der Waals surface area contributed by atoms with Crippen molar-refractivity contribution in [2.75, 3.05) is 0 Å². The van der Waals surface area contributed by atoms with Gasteiger partial charge in [0.05, 0.1) is 6.54 Å². The second-order valence-corrected chi connectivity index (χ2v) is 3.87. The Labute approximate surface area is 106 Å². The Hall–Kier alpha value is -2.29. The minimum atomic E-state index is 0.0641. The van der Waals surface area contributed by atoms with Gasteiger partial charge < -0.3 is 0 Å². The highest BCUT2D eigenvalue weighted by molar-refractivity contribution is 6.03. The molecule has 0 aliphatic heterocycles. The highest BCUT2D eigenvalue weighted by atomic mass is 16.1. The number of carbonyl (C=O) groups excluding carboxylic acids is 1. The zero-order valence-corrected chi connectivity index (χ0v) is 9.99. The quantitative estimate of drug-likeness (QED) is 0.593. The molecule has 0 saturated carbocycles. The summed E-state index contributed by atoms with van der Waals surface area (Å²) in [6, 6.07) is 13.4. The van der Waals surface area contributed by atoms with Crippen LogP contribution in [-0.2, 0) is 6.54 Å². The molecule has 0 aliphatic rings. The van der Waals surface area contributed by atoms with E-state index in [1.807, 2.05) is 30.3 Å². The molecule has 0 amide bonds. The maximum Gasteiger partial charge on any atom is 0.168 e. The number of carbonyl (C=O) groups is 1. The van der Waals surface area contributed by atoms with E-state index in [0.717, 1.165) is 5.56 Å². The molecule has 1 aromatic carbocycles. The molecule has 2 aromatic rings. The molecule has 0 fully saturated rings. The molecule has 0 unspecified atom stereocenters. The van der Waals surface area contributed by atoms with Gasteiger partial charge in [-0.1, -0.05) is 30.3 Å². The van der Waals surface area contributed by atoms with Crippen LogP contribution in [0.5, 0.6) is 0 Å². The van der Waals surface area contributed by atoms with Gasteiger partial charge in [0, 0.05) is 30.6 Å². The lowest BCUT2D eigenvalue weighted by molar-refractivity contribution is 0.100. The van der Waals surface area contributed by atoms with Crippen LogP contribution in [-0.4, -0.2) is 17.0 Å². The normalized spacial score (nSPS) is 10.7. The van der Waals surface area contributed by atoms with Gasteiger partial charge in [-0.3, -0.25) is 14.8 Å². The number of rotatable bonds is 5. The minimum Gasteiger partial charge on any atom is -0.294 e. The summed E-state index contributed by atoms with van der Waals surface area (Å²) in [5.41, 5.74) is 1.82. The summed E-state index contributed by atoms with van der Waals surface area (Å²) in [6.45, 7) is 0.616. The number of nitrogens with zero attached hydrogens (tertiary/aromatic N) is 2. The van der Waals surface area contributed by atoms with Crippen LogP contribution >= 0.6 is 0 Å². The van der Waals surface area contributed by atoms with Crippen LogP contribution in [0.1, 0.15) is 22.3 Å². The maximum absolute atomic E-state index is 11.7. The number of hydrogen-bond acceptors (Lipinski definition) is 3. The molecule has 0 aliphatic carbocycles. The van der Waals surface area contributed by atoms with Crippen LogP contribution in [0.15, 0.2) is 59.9 Å². The monoisotopic (exact) mass is 238 g/mol. The SMILES string of the molecule is O=C(CC=NCc1ccccc1)c1ccncc1. The van der Waals surface area contributed by atoms with Crippen LogP contribution < -0.4 is 0 Å². The Morgan fingerprint density at radius 2 is 1.83 bits per heavy atom. The van der Waals surface area contributed by atoms with Crippen molar-refractivity contribution in [3.63, 3.8) is 0 Å². The smallest absolute Gasteiger partial charge is 0.168 e. The fourth-order valence-electron chi connectivity index (χ4n) is 1.56. The molecule has 1 heterocycles. The van der Waals surface area contributed by atoms with E-state index in [4.69, 9.17) is 0 Å². The Morgan fingerprint density at radius 1 is 1.11 bits per heavy atom.